The molecule has 4 aromatic rings. The highest BCUT2D eigenvalue weighted by Gasteiger charge is 2.23. The van der Waals surface area contributed by atoms with Gasteiger partial charge < -0.3 is 19.9 Å². The molecular formula is C32H38Cl2F2N2O3. The highest BCUT2D eigenvalue weighted by Crippen LogP contribution is 2.43. The van der Waals surface area contributed by atoms with Gasteiger partial charge in [0.05, 0.1) is 28.1 Å². The zero-order valence-corrected chi connectivity index (χ0v) is 25.2. The van der Waals surface area contributed by atoms with Crippen molar-refractivity contribution in [2.24, 2.45) is 5.92 Å². The maximum Gasteiger partial charge on any atom is 0.387 e. The normalized spacial score (nSPS) is 13.3. The van der Waals surface area contributed by atoms with Crippen LogP contribution in [0.4, 0.5) is 8.78 Å². The third-order valence-corrected chi connectivity index (χ3v) is 7.50. The molecule has 0 spiro atoms. The number of aryl methyl sites for hydroxylation is 1. The second-order valence-corrected chi connectivity index (χ2v) is 10.8. The van der Waals surface area contributed by atoms with Gasteiger partial charge in [-0.3, -0.25) is 0 Å². The summed E-state index contributed by atoms with van der Waals surface area (Å²) in [6.45, 7) is 3.49. The fraction of sp³-hybridized carbons (Fsp3) is 0.406. The third-order valence-electron chi connectivity index (χ3n) is 6.84. The molecule has 0 radical (unpaired) electrons. The molecule has 1 heterocycles. The summed E-state index contributed by atoms with van der Waals surface area (Å²) >= 11 is 13.1. The van der Waals surface area contributed by atoms with Crippen LogP contribution in [-0.2, 0) is 0 Å². The predicted molar refractivity (Wildman–Crippen MR) is 163 cm³/mol. The summed E-state index contributed by atoms with van der Waals surface area (Å²) in [5.41, 5.74) is 3.68. The molecule has 1 fully saturated rings. The van der Waals surface area contributed by atoms with Crippen LogP contribution in [0.2, 0.25) is 10.0 Å². The number of nitrogens with one attached hydrogen (secondary N) is 1. The Hall–Kier alpha value is -2.71. The number of H-pyrrole nitrogens is 1. The van der Waals surface area contributed by atoms with Gasteiger partial charge in [-0.25, -0.2) is 4.98 Å². The SMILES string of the molecule is CCC1CC1.CCCCO.Cc1ccc(C(CO)c2nc3c(Cl)c(-c4ccccc4OC(F)F)c(Cl)cc3[nH]2)cc1. The molecule has 3 N–H and O–H groups in total. The lowest BCUT2D eigenvalue weighted by molar-refractivity contribution is -0.0494. The number of unbranched alkanes of at least 4 members (excludes halogenated alkanes) is 1. The molecule has 1 aliphatic rings. The van der Waals surface area contributed by atoms with E-state index >= 15 is 0 Å². The first-order valence-corrected chi connectivity index (χ1v) is 14.7. The highest BCUT2D eigenvalue weighted by molar-refractivity contribution is 6.42. The van der Waals surface area contributed by atoms with Crippen LogP contribution in [-0.4, -0.2) is 40.0 Å². The second kappa shape index (κ2) is 16.1. The Bertz CT molecular complexity index is 1370. The number of nitrogens with zero attached hydrogens (tertiary/aromatic N) is 1. The van der Waals surface area contributed by atoms with Gasteiger partial charge in [-0.1, -0.05) is 111 Å². The molecule has 9 heteroatoms. The van der Waals surface area contributed by atoms with Gasteiger partial charge >= 0.3 is 6.61 Å². The lowest BCUT2D eigenvalue weighted by Gasteiger charge is -2.13. The van der Waals surface area contributed by atoms with Gasteiger partial charge in [0.25, 0.3) is 0 Å². The van der Waals surface area contributed by atoms with Crippen molar-refractivity contribution >= 4 is 34.2 Å². The summed E-state index contributed by atoms with van der Waals surface area (Å²) in [7, 11) is 0. The van der Waals surface area contributed by atoms with E-state index < -0.39 is 6.61 Å². The minimum atomic E-state index is -2.99. The van der Waals surface area contributed by atoms with Gasteiger partial charge in [-0.2, -0.15) is 8.78 Å². The minimum Gasteiger partial charge on any atom is -0.434 e. The first-order chi connectivity index (χ1) is 19.7. The minimum absolute atomic E-state index is 0.0377. The number of halogens is 4. The van der Waals surface area contributed by atoms with Crippen molar-refractivity contribution < 1.29 is 23.7 Å². The van der Waals surface area contributed by atoms with Crippen LogP contribution in [0.25, 0.3) is 22.2 Å². The van der Waals surface area contributed by atoms with Crippen LogP contribution in [0.5, 0.6) is 5.75 Å². The molecule has 0 bridgehead atoms. The molecular weight excluding hydrogens is 569 g/mol. The predicted octanol–water partition coefficient (Wildman–Crippen LogP) is 9.16. The smallest absolute Gasteiger partial charge is 0.387 e. The standard InChI is InChI=1S/C23H18Cl2F2N2O2.C5H10.C4H10O/c1-12-6-8-13(9-7-12)15(11-30)22-28-17-10-16(24)19(20(25)21(17)29-22)14-4-2-3-5-18(14)31-23(26)27;1-2-5-3-4-5;1-2-3-4-5/h2-10,15,23,30H,11H2,1H3,(H,28,29);2*5H,2-4H2,1H3. The van der Waals surface area contributed by atoms with Gasteiger partial charge in [-0.05, 0) is 37.0 Å². The van der Waals surface area contributed by atoms with Gasteiger partial charge in [0, 0.05) is 17.7 Å². The Balaban J connectivity index is 0.000000392. The van der Waals surface area contributed by atoms with Crippen molar-refractivity contribution in [3.63, 3.8) is 0 Å². The number of ether oxygens (including phenoxy) is 1. The lowest BCUT2D eigenvalue weighted by atomic mass is 9.98. The lowest BCUT2D eigenvalue weighted by Crippen LogP contribution is -2.07. The van der Waals surface area contributed by atoms with Gasteiger partial charge in [-0.15, -0.1) is 0 Å². The molecule has 3 aromatic carbocycles. The number of rotatable bonds is 9. The summed E-state index contributed by atoms with van der Waals surface area (Å²) in [5.74, 6) is 1.23. The monoisotopic (exact) mass is 606 g/mol. The molecule has 0 amide bonds. The number of benzene rings is 3. The van der Waals surface area contributed by atoms with Crippen LogP contribution >= 0.6 is 23.2 Å². The second-order valence-electron chi connectivity index (χ2n) is 10.0. The van der Waals surface area contributed by atoms with Crippen LogP contribution in [0.15, 0.2) is 54.6 Å². The molecule has 0 saturated heterocycles. The number of imidazole rings is 1. The van der Waals surface area contributed by atoms with E-state index in [9.17, 15) is 13.9 Å². The number of aliphatic hydroxyl groups is 2. The van der Waals surface area contributed by atoms with E-state index in [0.717, 1.165) is 29.9 Å². The summed E-state index contributed by atoms with van der Waals surface area (Å²) in [6.07, 6.45) is 6.48. The Morgan fingerprint density at radius 1 is 1.05 bits per heavy atom. The molecule has 222 valence electrons. The van der Waals surface area contributed by atoms with E-state index in [4.69, 9.17) is 28.3 Å². The van der Waals surface area contributed by atoms with Crippen molar-refractivity contribution in [3.8, 4) is 16.9 Å². The number of aliphatic hydroxyl groups excluding tert-OH is 2. The number of aromatic nitrogens is 2. The molecule has 1 atom stereocenters. The van der Waals surface area contributed by atoms with E-state index in [1.807, 2.05) is 31.2 Å². The molecule has 1 unspecified atom stereocenters. The van der Waals surface area contributed by atoms with Crippen molar-refractivity contribution in [2.75, 3.05) is 13.2 Å². The van der Waals surface area contributed by atoms with Crippen molar-refractivity contribution in [3.05, 3.63) is 81.6 Å². The average molecular weight is 608 g/mol. The van der Waals surface area contributed by atoms with E-state index in [-0.39, 0.29) is 28.3 Å². The van der Waals surface area contributed by atoms with Crippen molar-refractivity contribution in [1.82, 2.24) is 9.97 Å². The zero-order valence-electron chi connectivity index (χ0n) is 23.6. The number of aromatic amines is 1. The maximum atomic E-state index is 12.9. The quantitative estimate of drug-likeness (QED) is 0.177. The Morgan fingerprint density at radius 3 is 2.24 bits per heavy atom. The Morgan fingerprint density at radius 2 is 1.73 bits per heavy atom. The number of para-hydroxylation sites is 1. The van der Waals surface area contributed by atoms with Crippen LogP contribution < -0.4 is 4.74 Å². The fourth-order valence-electron chi connectivity index (χ4n) is 4.22. The average Bonchev–Trinajstić information content (AvgIpc) is 3.71. The maximum absolute atomic E-state index is 12.9. The number of fused-ring (bicyclic) bond motifs is 1. The van der Waals surface area contributed by atoms with E-state index in [1.54, 1.807) is 24.3 Å². The first kappa shape index (κ1) is 32.8. The fourth-order valence-corrected chi connectivity index (χ4v) is 4.92. The van der Waals surface area contributed by atoms with Gasteiger partial charge in [0.1, 0.15) is 17.1 Å². The van der Waals surface area contributed by atoms with Crippen LogP contribution in [0, 0.1) is 12.8 Å². The van der Waals surface area contributed by atoms with E-state index in [1.165, 1.54) is 25.3 Å². The summed E-state index contributed by atoms with van der Waals surface area (Å²) < 4.78 is 30.4. The molecule has 1 aliphatic carbocycles. The highest BCUT2D eigenvalue weighted by atomic mass is 35.5. The van der Waals surface area contributed by atoms with Crippen LogP contribution in [0.1, 0.15) is 68.8 Å². The summed E-state index contributed by atoms with van der Waals surface area (Å²) in [4.78, 5) is 7.78. The first-order valence-electron chi connectivity index (χ1n) is 13.9. The molecule has 41 heavy (non-hydrogen) atoms. The summed E-state index contributed by atoms with van der Waals surface area (Å²) in [6, 6.07) is 15.7. The Labute approximate surface area is 250 Å². The largest absolute Gasteiger partial charge is 0.434 e. The molecule has 5 nitrogen and oxygen atoms in total. The van der Waals surface area contributed by atoms with Crippen molar-refractivity contribution in [2.45, 2.75) is 65.4 Å². The molecule has 5 rings (SSSR count). The third kappa shape index (κ3) is 9.14. The van der Waals surface area contributed by atoms with Crippen molar-refractivity contribution in [1.29, 1.82) is 0 Å². The number of hydrogen-bond acceptors (Lipinski definition) is 4. The van der Waals surface area contributed by atoms with Crippen LogP contribution in [0.3, 0.4) is 0 Å². The zero-order chi connectivity index (χ0) is 29.9. The number of alkyl halides is 2. The van der Waals surface area contributed by atoms with E-state index in [2.05, 4.69) is 28.6 Å². The van der Waals surface area contributed by atoms with E-state index in [0.29, 0.717) is 34.6 Å². The molecule has 0 aliphatic heterocycles. The Kier molecular flexibility index (Phi) is 12.9. The number of hydrogen-bond donors (Lipinski definition) is 3. The molecule has 1 aromatic heterocycles. The van der Waals surface area contributed by atoms with Gasteiger partial charge in [0.15, 0.2) is 0 Å². The summed E-state index contributed by atoms with van der Waals surface area (Å²) in [5, 5.41) is 18.5. The van der Waals surface area contributed by atoms with Gasteiger partial charge in [0.2, 0.25) is 0 Å². The molecule has 1 saturated carbocycles. The topological polar surface area (TPSA) is 78.4 Å².